The average Bonchev–Trinajstić information content (AvgIpc) is 2.66. The first-order chi connectivity index (χ1) is 12.6. The molecular formula is C22H23NO3. The van der Waals surface area contributed by atoms with E-state index in [-0.39, 0.29) is 18.6 Å². The molecule has 1 N–H and O–H groups in total. The fourth-order valence-electron chi connectivity index (χ4n) is 2.62. The Morgan fingerprint density at radius 2 is 1.62 bits per heavy atom. The van der Waals surface area contributed by atoms with E-state index >= 15 is 0 Å². The molecule has 0 aliphatic rings. The average molecular weight is 349 g/mol. The van der Waals surface area contributed by atoms with Crippen LogP contribution in [0.15, 0.2) is 66.7 Å². The Morgan fingerprint density at radius 1 is 0.923 bits per heavy atom. The summed E-state index contributed by atoms with van der Waals surface area (Å²) in [7, 11) is 0. The molecule has 0 aromatic heterocycles. The zero-order valence-corrected chi connectivity index (χ0v) is 15.1. The summed E-state index contributed by atoms with van der Waals surface area (Å²) in [5.74, 6) is 1.31. The lowest BCUT2D eigenvalue weighted by molar-refractivity contribution is -0.123. The summed E-state index contributed by atoms with van der Waals surface area (Å²) in [5, 5.41) is 5.11. The molecule has 3 aromatic rings. The number of hydrogen-bond acceptors (Lipinski definition) is 3. The maximum absolute atomic E-state index is 12.1. The predicted octanol–water partition coefficient (Wildman–Crippen LogP) is 4.11. The minimum absolute atomic E-state index is 0.0206. The number of aryl methyl sites for hydroxylation is 1. The van der Waals surface area contributed by atoms with Crippen LogP contribution in [0.5, 0.6) is 11.5 Å². The van der Waals surface area contributed by atoms with Crippen LogP contribution in [0.2, 0.25) is 0 Å². The van der Waals surface area contributed by atoms with E-state index in [0.717, 1.165) is 16.5 Å². The molecule has 134 valence electrons. The third-order valence-corrected chi connectivity index (χ3v) is 4.02. The van der Waals surface area contributed by atoms with Crippen LogP contribution in [0.4, 0.5) is 0 Å². The molecule has 4 nitrogen and oxygen atoms in total. The van der Waals surface area contributed by atoms with Gasteiger partial charge in [0.1, 0.15) is 18.1 Å². The molecule has 0 spiro atoms. The molecule has 0 fully saturated rings. The van der Waals surface area contributed by atoms with Gasteiger partial charge in [0, 0.05) is 0 Å². The van der Waals surface area contributed by atoms with Crippen molar-refractivity contribution in [3.63, 3.8) is 0 Å². The number of amides is 1. The molecule has 1 atom stereocenters. The van der Waals surface area contributed by atoms with Gasteiger partial charge in [0.2, 0.25) is 0 Å². The Hall–Kier alpha value is -3.01. The van der Waals surface area contributed by atoms with Crippen LogP contribution in [0.25, 0.3) is 10.8 Å². The second-order valence-electron chi connectivity index (χ2n) is 6.39. The quantitative estimate of drug-likeness (QED) is 0.698. The van der Waals surface area contributed by atoms with Crippen LogP contribution in [-0.2, 0) is 4.79 Å². The molecule has 0 heterocycles. The van der Waals surface area contributed by atoms with Crippen LogP contribution in [0, 0.1) is 6.92 Å². The standard InChI is InChI=1S/C22H23NO3/c1-16-7-10-20(11-8-16)25-14-17(2)23-22(24)15-26-21-12-9-18-5-3-4-6-19(18)13-21/h3-13,17H,14-15H2,1-2H3,(H,23,24)/t17-/m0/s1. The Bertz CT molecular complexity index is 874. The summed E-state index contributed by atoms with van der Waals surface area (Å²) >= 11 is 0. The summed E-state index contributed by atoms with van der Waals surface area (Å²) in [6.07, 6.45) is 0. The second-order valence-corrected chi connectivity index (χ2v) is 6.39. The highest BCUT2D eigenvalue weighted by Crippen LogP contribution is 2.20. The molecule has 0 saturated carbocycles. The second kappa shape index (κ2) is 8.39. The summed E-state index contributed by atoms with van der Waals surface area (Å²) in [5.41, 5.74) is 1.18. The Balaban J connectivity index is 1.44. The highest BCUT2D eigenvalue weighted by Gasteiger charge is 2.09. The van der Waals surface area contributed by atoms with E-state index in [1.807, 2.05) is 80.6 Å². The Kier molecular flexibility index (Phi) is 5.74. The van der Waals surface area contributed by atoms with Gasteiger partial charge in [-0.25, -0.2) is 0 Å². The van der Waals surface area contributed by atoms with Crippen molar-refractivity contribution in [2.24, 2.45) is 0 Å². The molecule has 0 bridgehead atoms. The molecule has 0 aliphatic carbocycles. The minimum Gasteiger partial charge on any atom is -0.491 e. The first-order valence-electron chi connectivity index (χ1n) is 8.70. The van der Waals surface area contributed by atoms with Crippen LogP contribution < -0.4 is 14.8 Å². The van der Waals surface area contributed by atoms with Crippen molar-refractivity contribution in [3.05, 3.63) is 72.3 Å². The van der Waals surface area contributed by atoms with Crippen molar-refractivity contribution in [2.75, 3.05) is 13.2 Å². The molecular weight excluding hydrogens is 326 g/mol. The largest absolute Gasteiger partial charge is 0.491 e. The van der Waals surface area contributed by atoms with Crippen molar-refractivity contribution in [1.29, 1.82) is 0 Å². The van der Waals surface area contributed by atoms with Crippen LogP contribution in [0.3, 0.4) is 0 Å². The lowest BCUT2D eigenvalue weighted by Crippen LogP contribution is -2.39. The van der Waals surface area contributed by atoms with E-state index in [9.17, 15) is 4.79 Å². The van der Waals surface area contributed by atoms with Crippen molar-refractivity contribution in [3.8, 4) is 11.5 Å². The highest BCUT2D eigenvalue weighted by molar-refractivity contribution is 5.84. The molecule has 0 unspecified atom stereocenters. The molecule has 3 aromatic carbocycles. The molecule has 0 aliphatic heterocycles. The van der Waals surface area contributed by atoms with Crippen molar-refractivity contribution in [1.82, 2.24) is 5.32 Å². The third-order valence-electron chi connectivity index (χ3n) is 4.02. The van der Waals surface area contributed by atoms with E-state index in [0.29, 0.717) is 12.4 Å². The third kappa shape index (κ3) is 4.99. The number of carbonyl (C=O) groups is 1. The van der Waals surface area contributed by atoms with Gasteiger partial charge in [-0.15, -0.1) is 0 Å². The molecule has 1 amide bonds. The Morgan fingerprint density at radius 3 is 2.38 bits per heavy atom. The molecule has 0 radical (unpaired) electrons. The number of nitrogens with one attached hydrogen (secondary N) is 1. The molecule has 0 saturated heterocycles. The van der Waals surface area contributed by atoms with E-state index in [4.69, 9.17) is 9.47 Å². The number of ether oxygens (including phenoxy) is 2. The van der Waals surface area contributed by atoms with Gasteiger partial charge < -0.3 is 14.8 Å². The SMILES string of the molecule is Cc1ccc(OC[C@H](C)NC(=O)COc2ccc3ccccc3c2)cc1. The first-order valence-corrected chi connectivity index (χ1v) is 8.70. The number of fused-ring (bicyclic) bond motifs is 1. The fourth-order valence-corrected chi connectivity index (χ4v) is 2.62. The lowest BCUT2D eigenvalue weighted by Gasteiger charge is -2.15. The molecule has 4 heteroatoms. The number of carbonyl (C=O) groups excluding carboxylic acids is 1. The van der Waals surface area contributed by atoms with Gasteiger partial charge in [-0.05, 0) is 48.9 Å². The van der Waals surface area contributed by atoms with Crippen LogP contribution >= 0.6 is 0 Å². The van der Waals surface area contributed by atoms with Gasteiger partial charge in [0.05, 0.1) is 6.04 Å². The summed E-state index contributed by atoms with van der Waals surface area (Å²) < 4.78 is 11.3. The smallest absolute Gasteiger partial charge is 0.258 e. The van der Waals surface area contributed by atoms with E-state index in [1.54, 1.807) is 0 Å². The number of rotatable bonds is 7. The van der Waals surface area contributed by atoms with Crippen molar-refractivity contribution in [2.45, 2.75) is 19.9 Å². The van der Waals surface area contributed by atoms with Crippen LogP contribution in [-0.4, -0.2) is 25.2 Å². The van der Waals surface area contributed by atoms with Crippen molar-refractivity contribution < 1.29 is 14.3 Å². The number of benzene rings is 3. The number of hydrogen-bond donors (Lipinski definition) is 1. The maximum Gasteiger partial charge on any atom is 0.258 e. The zero-order chi connectivity index (χ0) is 18.4. The van der Waals surface area contributed by atoms with E-state index in [1.165, 1.54) is 5.56 Å². The summed E-state index contributed by atoms with van der Waals surface area (Å²) in [6.45, 7) is 4.32. The summed E-state index contributed by atoms with van der Waals surface area (Å²) in [6, 6.07) is 21.6. The van der Waals surface area contributed by atoms with Crippen molar-refractivity contribution >= 4 is 16.7 Å². The van der Waals surface area contributed by atoms with Crippen LogP contribution in [0.1, 0.15) is 12.5 Å². The lowest BCUT2D eigenvalue weighted by atomic mass is 10.1. The zero-order valence-electron chi connectivity index (χ0n) is 15.1. The highest BCUT2D eigenvalue weighted by atomic mass is 16.5. The van der Waals surface area contributed by atoms with E-state index in [2.05, 4.69) is 5.32 Å². The molecule has 3 rings (SSSR count). The van der Waals surface area contributed by atoms with Gasteiger partial charge in [0.15, 0.2) is 6.61 Å². The first kappa shape index (κ1) is 17.8. The van der Waals surface area contributed by atoms with E-state index < -0.39 is 0 Å². The van der Waals surface area contributed by atoms with Gasteiger partial charge in [-0.1, -0.05) is 48.0 Å². The van der Waals surface area contributed by atoms with Gasteiger partial charge in [0.25, 0.3) is 5.91 Å². The monoisotopic (exact) mass is 349 g/mol. The minimum atomic E-state index is -0.168. The fraction of sp³-hybridized carbons (Fsp3) is 0.227. The summed E-state index contributed by atoms with van der Waals surface area (Å²) in [4.78, 5) is 12.1. The van der Waals surface area contributed by atoms with Gasteiger partial charge in [-0.3, -0.25) is 4.79 Å². The predicted molar refractivity (Wildman–Crippen MR) is 104 cm³/mol. The Labute approximate surface area is 153 Å². The molecule has 26 heavy (non-hydrogen) atoms. The normalized spacial score (nSPS) is 11.8. The van der Waals surface area contributed by atoms with Gasteiger partial charge >= 0.3 is 0 Å². The maximum atomic E-state index is 12.1. The van der Waals surface area contributed by atoms with Gasteiger partial charge in [-0.2, -0.15) is 0 Å². The topological polar surface area (TPSA) is 47.6 Å².